The second kappa shape index (κ2) is 5.33. The van der Waals surface area contributed by atoms with Gasteiger partial charge in [-0.2, -0.15) is 0 Å². The van der Waals surface area contributed by atoms with Crippen LogP contribution in [0.4, 0.5) is 5.69 Å². The fraction of sp³-hybridized carbons (Fsp3) is 0.375. The van der Waals surface area contributed by atoms with Gasteiger partial charge in [-0.05, 0) is 43.5 Å². The average molecular weight is 287 g/mol. The zero-order valence-corrected chi connectivity index (χ0v) is 12.1. The van der Waals surface area contributed by atoms with E-state index in [0.717, 1.165) is 28.6 Å². The lowest BCUT2D eigenvalue weighted by atomic mass is 10.1. The molecule has 2 aromatic rings. The van der Waals surface area contributed by atoms with Crippen molar-refractivity contribution in [2.75, 3.05) is 18.5 Å². The zero-order chi connectivity index (χ0) is 15.0. The Kier molecular flexibility index (Phi) is 3.51. The van der Waals surface area contributed by atoms with Gasteiger partial charge in [-0.15, -0.1) is 0 Å². The van der Waals surface area contributed by atoms with E-state index in [1.807, 2.05) is 19.9 Å². The third-order valence-electron chi connectivity index (χ3n) is 3.85. The van der Waals surface area contributed by atoms with E-state index in [-0.39, 0.29) is 17.5 Å². The molecular weight excluding hydrogens is 270 g/mol. The smallest absolute Gasteiger partial charge is 0.336 e. The summed E-state index contributed by atoms with van der Waals surface area (Å²) in [5.74, 6) is -0.111. The van der Waals surface area contributed by atoms with Crippen molar-refractivity contribution in [1.82, 2.24) is 0 Å². The lowest BCUT2D eigenvalue weighted by Crippen LogP contribution is -2.23. The van der Waals surface area contributed by atoms with Crippen molar-refractivity contribution in [3.63, 3.8) is 0 Å². The molecule has 21 heavy (non-hydrogen) atoms. The van der Waals surface area contributed by atoms with Crippen LogP contribution in [0.3, 0.4) is 0 Å². The van der Waals surface area contributed by atoms with Gasteiger partial charge < -0.3 is 14.5 Å². The molecule has 1 aromatic carbocycles. The van der Waals surface area contributed by atoms with Gasteiger partial charge in [0.05, 0.1) is 12.5 Å². The summed E-state index contributed by atoms with van der Waals surface area (Å²) in [5.41, 5.74) is 2.62. The molecule has 110 valence electrons. The number of hydrogen-bond donors (Lipinski definition) is 1. The maximum atomic E-state index is 12.2. The quantitative estimate of drug-likeness (QED) is 0.861. The Bertz CT molecular complexity index is 757. The van der Waals surface area contributed by atoms with Crippen molar-refractivity contribution in [3.8, 4) is 0 Å². The molecule has 1 fully saturated rings. The molecule has 1 unspecified atom stereocenters. The molecule has 5 nitrogen and oxygen atoms in total. The van der Waals surface area contributed by atoms with Gasteiger partial charge in [0, 0.05) is 23.7 Å². The largest absolute Gasteiger partial charge is 0.423 e. The molecular formula is C16H17NO4. The summed E-state index contributed by atoms with van der Waals surface area (Å²) in [7, 11) is 0. The van der Waals surface area contributed by atoms with Crippen LogP contribution in [0, 0.1) is 19.8 Å². The van der Waals surface area contributed by atoms with Crippen LogP contribution in [0.5, 0.6) is 0 Å². The summed E-state index contributed by atoms with van der Waals surface area (Å²) in [5, 5.41) is 3.78. The van der Waals surface area contributed by atoms with Crippen LogP contribution in [-0.4, -0.2) is 19.1 Å². The van der Waals surface area contributed by atoms with E-state index >= 15 is 0 Å². The Balaban J connectivity index is 1.97. The first-order chi connectivity index (χ1) is 10.0. The molecule has 1 aliphatic heterocycles. The van der Waals surface area contributed by atoms with E-state index in [2.05, 4.69) is 5.32 Å². The van der Waals surface area contributed by atoms with Crippen LogP contribution < -0.4 is 10.9 Å². The molecule has 1 saturated heterocycles. The van der Waals surface area contributed by atoms with Crippen LogP contribution in [0.15, 0.2) is 27.4 Å². The molecule has 3 rings (SSSR count). The first-order valence-corrected chi connectivity index (χ1v) is 6.98. The number of amides is 1. The van der Waals surface area contributed by atoms with Gasteiger partial charge >= 0.3 is 5.63 Å². The SMILES string of the molecule is Cc1cc2oc(=O)cc(C)c2cc1NC(=O)C1CCOC1. The van der Waals surface area contributed by atoms with E-state index in [4.69, 9.17) is 9.15 Å². The van der Waals surface area contributed by atoms with Crippen LogP contribution in [0.25, 0.3) is 11.0 Å². The molecule has 1 aromatic heterocycles. The number of benzene rings is 1. The van der Waals surface area contributed by atoms with Crippen molar-refractivity contribution < 1.29 is 13.9 Å². The van der Waals surface area contributed by atoms with Gasteiger partial charge in [0.1, 0.15) is 5.58 Å². The normalized spacial score (nSPS) is 18.1. The van der Waals surface area contributed by atoms with E-state index in [1.54, 1.807) is 6.07 Å². The lowest BCUT2D eigenvalue weighted by Gasteiger charge is -2.13. The number of aryl methyl sites for hydroxylation is 2. The van der Waals surface area contributed by atoms with Crippen molar-refractivity contribution in [3.05, 3.63) is 39.7 Å². The Morgan fingerprint density at radius 3 is 2.76 bits per heavy atom. The fourth-order valence-corrected chi connectivity index (χ4v) is 2.58. The summed E-state index contributed by atoms with van der Waals surface area (Å²) in [6, 6.07) is 5.09. The summed E-state index contributed by atoms with van der Waals surface area (Å²) >= 11 is 0. The van der Waals surface area contributed by atoms with Crippen molar-refractivity contribution >= 4 is 22.6 Å². The Hall–Kier alpha value is -2.14. The van der Waals surface area contributed by atoms with E-state index < -0.39 is 0 Å². The van der Waals surface area contributed by atoms with E-state index in [1.165, 1.54) is 6.07 Å². The van der Waals surface area contributed by atoms with Crippen molar-refractivity contribution in [2.45, 2.75) is 20.3 Å². The minimum atomic E-state index is -0.362. The summed E-state index contributed by atoms with van der Waals surface area (Å²) in [6.45, 7) is 4.85. The number of fused-ring (bicyclic) bond motifs is 1. The highest BCUT2D eigenvalue weighted by Crippen LogP contribution is 2.26. The maximum absolute atomic E-state index is 12.2. The predicted molar refractivity (Wildman–Crippen MR) is 79.5 cm³/mol. The molecule has 1 amide bonds. The summed E-state index contributed by atoms with van der Waals surface area (Å²) in [4.78, 5) is 23.6. The number of nitrogens with one attached hydrogen (secondary N) is 1. The van der Waals surface area contributed by atoms with Crippen LogP contribution >= 0.6 is 0 Å². The minimum Gasteiger partial charge on any atom is -0.423 e. The minimum absolute atomic E-state index is 0.0232. The molecule has 0 bridgehead atoms. The predicted octanol–water partition coefficient (Wildman–Crippen LogP) is 2.38. The summed E-state index contributed by atoms with van der Waals surface area (Å²) in [6.07, 6.45) is 0.756. The van der Waals surface area contributed by atoms with Gasteiger partial charge in [-0.25, -0.2) is 4.79 Å². The van der Waals surface area contributed by atoms with Gasteiger partial charge in [0.25, 0.3) is 0 Å². The number of carbonyl (C=O) groups is 1. The highest BCUT2D eigenvalue weighted by atomic mass is 16.5. The fourth-order valence-electron chi connectivity index (χ4n) is 2.58. The number of anilines is 1. The van der Waals surface area contributed by atoms with Gasteiger partial charge in [0.15, 0.2) is 0 Å². The molecule has 1 N–H and O–H groups in total. The second-order valence-corrected chi connectivity index (χ2v) is 5.46. The number of ether oxygens (including phenoxy) is 1. The Labute approximate surface area is 121 Å². The zero-order valence-electron chi connectivity index (χ0n) is 12.1. The molecule has 1 atom stereocenters. The molecule has 1 aliphatic rings. The van der Waals surface area contributed by atoms with Crippen LogP contribution in [-0.2, 0) is 9.53 Å². The highest BCUT2D eigenvalue weighted by molar-refractivity contribution is 5.96. The third-order valence-corrected chi connectivity index (χ3v) is 3.85. The van der Waals surface area contributed by atoms with E-state index in [9.17, 15) is 9.59 Å². The third kappa shape index (κ3) is 2.69. The van der Waals surface area contributed by atoms with Gasteiger partial charge in [-0.1, -0.05) is 0 Å². The maximum Gasteiger partial charge on any atom is 0.336 e. The molecule has 5 heteroatoms. The summed E-state index contributed by atoms with van der Waals surface area (Å²) < 4.78 is 10.4. The van der Waals surface area contributed by atoms with Gasteiger partial charge in [-0.3, -0.25) is 4.79 Å². The highest BCUT2D eigenvalue weighted by Gasteiger charge is 2.24. The Morgan fingerprint density at radius 1 is 1.24 bits per heavy atom. The molecule has 0 spiro atoms. The molecule has 0 aliphatic carbocycles. The average Bonchev–Trinajstić information content (AvgIpc) is 2.94. The first kappa shape index (κ1) is 13.8. The van der Waals surface area contributed by atoms with Crippen molar-refractivity contribution in [2.24, 2.45) is 5.92 Å². The second-order valence-electron chi connectivity index (χ2n) is 5.46. The van der Waals surface area contributed by atoms with Crippen LogP contribution in [0.2, 0.25) is 0 Å². The van der Waals surface area contributed by atoms with Crippen LogP contribution in [0.1, 0.15) is 17.5 Å². The van der Waals surface area contributed by atoms with Crippen molar-refractivity contribution in [1.29, 1.82) is 0 Å². The van der Waals surface area contributed by atoms with E-state index in [0.29, 0.717) is 18.8 Å². The standard InChI is InChI=1S/C16H17NO4/c1-9-6-15(18)21-14-5-10(2)13(7-12(9)14)17-16(19)11-3-4-20-8-11/h5-7,11H,3-4,8H2,1-2H3,(H,17,19). The monoisotopic (exact) mass is 287 g/mol. The Morgan fingerprint density at radius 2 is 2.05 bits per heavy atom. The number of hydrogen-bond acceptors (Lipinski definition) is 4. The lowest BCUT2D eigenvalue weighted by molar-refractivity contribution is -0.119. The molecule has 2 heterocycles. The number of rotatable bonds is 2. The molecule has 0 saturated carbocycles. The number of carbonyl (C=O) groups excluding carboxylic acids is 1. The topological polar surface area (TPSA) is 68.5 Å². The van der Waals surface area contributed by atoms with Gasteiger partial charge in [0.2, 0.25) is 5.91 Å². The first-order valence-electron chi connectivity index (χ1n) is 6.98. The molecule has 0 radical (unpaired) electrons.